The van der Waals surface area contributed by atoms with Crippen LogP contribution in [0.3, 0.4) is 0 Å². The predicted molar refractivity (Wildman–Crippen MR) is 72.4 cm³/mol. The standard InChI is InChI=1S/C12H11Cl3O4/c1-17-8-3-6-4-10(16)19-11(12(13,14)15)7(6)5-9(8)18-2/h3,5,11H,4H2,1-2H3/t11-/m0/s1. The Labute approximate surface area is 125 Å². The summed E-state index contributed by atoms with van der Waals surface area (Å²) >= 11 is 17.6. The molecule has 1 aromatic carbocycles. The van der Waals surface area contributed by atoms with Crippen molar-refractivity contribution in [3.63, 3.8) is 0 Å². The van der Waals surface area contributed by atoms with Crippen LogP contribution in [0.1, 0.15) is 17.2 Å². The summed E-state index contributed by atoms with van der Waals surface area (Å²) in [5.41, 5.74) is 1.31. The maximum atomic E-state index is 11.6. The molecule has 1 aliphatic heterocycles. The molecule has 7 heteroatoms. The summed E-state index contributed by atoms with van der Waals surface area (Å²) < 4.78 is 13.8. The smallest absolute Gasteiger partial charge is 0.311 e. The van der Waals surface area contributed by atoms with Gasteiger partial charge in [0.05, 0.1) is 20.6 Å². The molecule has 0 N–H and O–H groups in total. The first kappa shape index (κ1) is 14.6. The Kier molecular flexibility index (Phi) is 4.04. The minimum atomic E-state index is -1.75. The monoisotopic (exact) mass is 324 g/mol. The number of cyclic esters (lactones) is 1. The van der Waals surface area contributed by atoms with Crippen molar-refractivity contribution < 1.29 is 19.0 Å². The van der Waals surface area contributed by atoms with Crippen LogP contribution in [0.5, 0.6) is 11.5 Å². The Balaban J connectivity index is 2.57. The van der Waals surface area contributed by atoms with Gasteiger partial charge in [0.15, 0.2) is 17.6 Å². The van der Waals surface area contributed by atoms with Gasteiger partial charge in [-0.1, -0.05) is 34.8 Å². The molecule has 19 heavy (non-hydrogen) atoms. The topological polar surface area (TPSA) is 44.8 Å². The predicted octanol–water partition coefficient (Wildman–Crippen LogP) is 3.21. The van der Waals surface area contributed by atoms with Crippen LogP contribution >= 0.6 is 34.8 Å². The Morgan fingerprint density at radius 3 is 2.32 bits per heavy atom. The lowest BCUT2D eigenvalue weighted by atomic mass is 9.97. The number of alkyl halides is 3. The zero-order chi connectivity index (χ0) is 14.2. The molecule has 0 aliphatic carbocycles. The van der Waals surface area contributed by atoms with Crippen molar-refractivity contribution >= 4 is 40.8 Å². The van der Waals surface area contributed by atoms with Gasteiger partial charge in [-0.25, -0.2) is 0 Å². The minimum Gasteiger partial charge on any atom is -0.493 e. The second-order valence-corrected chi connectivity index (χ2v) is 6.36. The van der Waals surface area contributed by atoms with Gasteiger partial charge < -0.3 is 14.2 Å². The van der Waals surface area contributed by atoms with Gasteiger partial charge in [-0.05, 0) is 17.7 Å². The van der Waals surface area contributed by atoms with Crippen molar-refractivity contribution in [2.45, 2.75) is 16.3 Å². The van der Waals surface area contributed by atoms with Crippen molar-refractivity contribution in [2.24, 2.45) is 0 Å². The lowest BCUT2D eigenvalue weighted by Gasteiger charge is -2.30. The zero-order valence-corrected chi connectivity index (χ0v) is 12.5. The average molecular weight is 326 g/mol. The molecule has 0 aromatic heterocycles. The van der Waals surface area contributed by atoms with E-state index >= 15 is 0 Å². The molecule has 0 spiro atoms. The van der Waals surface area contributed by atoms with Gasteiger partial charge in [0.2, 0.25) is 3.79 Å². The summed E-state index contributed by atoms with van der Waals surface area (Å²) in [6.45, 7) is 0. The molecule has 0 amide bonds. The van der Waals surface area contributed by atoms with Gasteiger partial charge >= 0.3 is 5.97 Å². The lowest BCUT2D eigenvalue weighted by Crippen LogP contribution is -2.30. The number of halogens is 3. The number of carbonyl (C=O) groups excluding carboxylic acids is 1. The van der Waals surface area contributed by atoms with E-state index in [2.05, 4.69) is 0 Å². The van der Waals surface area contributed by atoms with E-state index in [1.54, 1.807) is 12.1 Å². The number of ether oxygens (including phenoxy) is 3. The zero-order valence-electron chi connectivity index (χ0n) is 10.2. The summed E-state index contributed by atoms with van der Waals surface area (Å²) in [5, 5.41) is 0. The number of esters is 1. The van der Waals surface area contributed by atoms with Crippen molar-refractivity contribution in [3.05, 3.63) is 23.3 Å². The SMILES string of the molecule is COc1cc2c(cc1OC)[C@@H](C(Cl)(Cl)Cl)OC(=O)C2. The first-order valence-electron chi connectivity index (χ1n) is 5.37. The first-order valence-corrected chi connectivity index (χ1v) is 6.51. The quantitative estimate of drug-likeness (QED) is 0.619. The third-order valence-electron chi connectivity index (χ3n) is 2.81. The molecule has 0 saturated carbocycles. The molecule has 1 aliphatic rings. The van der Waals surface area contributed by atoms with Gasteiger partial charge in [-0.3, -0.25) is 4.79 Å². The van der Waals surface area contributed by atoms with Crippen LogP contribution in [0.4, 0.5) is 0 Å². The van der Waals surface area contributed by atoms with Crippen LogP contribution < -0.4 is 9.47 Å². The summed E-state index contributed by atoms with van der Waals surface area (Å²) in [6.07, 6.45) is -0.860. The van der Waals surface area contributed by atoms with Crippen LogP contribution in [-0.4, -0.2) is 24.0 Å². The van der Waals surface area contributed by atoms with E-state index in [9.17, 15) is 4.79 Å². The highest BCUT2D eigenvalue weighted by Crippen LogP contribution is 2.47. The molecule has 1 heterocycles. The second-order valence-electron chi connectivity index (χ2n) is 3.99. The Bertz CT molecular complexity index is 510. The molecule has 2 rings (SSSR count). The molecule has 0 unspecified atom stereocenters. The van der Waals surface area contributed by atoms with Crippen LogP contribution in [0.15, 0.2) is 12.1 Å². The molecule has 1 atom stereocenters. The Hall–Kier alpha value is -0.840. The van der Waals surface area contributed by atoms with E-state index in [0.29, 0.717) is 22.6 Å². The number of methoxy groups -OCH3 is 2. The van der Waals surface area contributed by atoms with Gasteiger partial charge in [0, 0.05) is 5.56 Å². The van der Waals surface area contributed by atoms with Gasteiger partial charge in [-0.2, -0.15) is 0 Å². The molecular formula is C12H11Cl3O4. The number of rotatable bonds is 2. The number of carbonyl (C=O) groups is 1. The van der Waals surface area contributed by atoms with Gasteiger partial charge in [0.25, 0.3) is 0 Å². The van der Waals surface area contributed by atoms with Crippen LogP contribution in [-0.2, 0) is 16.0 Å². The Morgan fingerprint density at radius 2 is 1.79 bits per heavy atom. The molecule has 1 aromatic rings. The molecule has 0 saturated heterocycles. The lowest BCUT2D eigenvalue weighted by molar-refractivity contribution is -0.150. The minimum absolute atomic E-state index is 0.104. The number of hydrogen-bond donors (Lipinski definition) is 0. The molecule has 4 nitrogen and oxygen atoms in total. The molecule has 0 bridgehead atoms. The fraction of sp³-hybridized carbons (Fsp3) is 0.417. The van der Waals surface area contributed by atoms with Crippen LogP contribution in [0, 0.1) is 0 Å². The largest absolute Gasteiger partial charge is 0.493 e. The van der Waals surface area contributed by atoms with Crippen molar-refractivity contribution in [2.75, 3.05) is 14.2 Å². The number of fused-ring (bicyclic) bond motifs is 1. The molecular weight excluding hydrogens is 314 g/mol. The summed E-state index contributed by atoms with van der Waals surface area (Å²) in [5.74, 6) is 0.550. The van der Waals surface area contributed by atoms with Crippen LogP contribution in [0.2, 0.25) is 0 Å². The van der Waals surface area contributed by atoms with Crippen molar-refractivity contribution in [1.29, 1.82) is 0 Å². The van der Waals surface area contributed by atoms with E-state index in [1.807, 2.05) is 0 Å². The first-order chi connectivity index (χ1) is 8.86. The summed E-state index contributed by atoms with van der Waals surface area (Å²) in [4.78, 5) is 11.6. The fourth-order valence-corrected chi connectivity index (χ4v) is 2.46. The van der Waals surface area contributed by atoms with Crippen molar-refractivity contribution in [3.8, 4) is 11.5 Å². The third kappa shape index (κ3) is 2.86. The maximum absolute atomic E-state index is 11.6. The normalized spacial score (nSPS) is 18.6. The molecule has 104 valence electrons. The Morgan fingerprint density at radius 1 is 1.21 bits per heavy atom. The summed E-state index contributed by atoms with van der Waals surface area (Å²) in [7, 11) is 3.02. The van der Waals surface area contributed by atoms with E-state index in [-0.39, 0.29) is 6.42 Å². The summed E-state index contributed by atoms with van der Waals surface area (Å²) in [6, 6.07) is 3.35. The van der Waals surface area contributed by atoms with E-state index in [0.717, 1.165) is 0 Å². The fourth-order valence-electron chi connectivity index (χ4n) is 1.97. The van der Waals surface area contributed by atoms with E-state index in [1.165, 1.54) is 14.2 Å². The second kappa shape index (κ2) is 5.27. The van der Waals surface area contributed by atoms with E-state index in [4.69, 9.17) is 49.0 Å². The van der Waals surface area contributed by atoms with E-state index < -0.39 is 15.9 Å². The molecule has 0 radical (unpaired) electrons. The van der Waals surface area contributed by atoms with Gasteiger partial charge in [-0.15, -0.1) is 0 Å². The highest BCUT2D eigenvalue weighted by Gasteiger charge is 2.42. The van der Waals surface area contributed by atoms with Crippen LogP contribution in [0.25, 0.3) is 0 Å². The van der Waals surface area contributed by atoms with Crippen molar-refractivity contribution in [1.82, 2.24) is 0 Å². The maximum Gasteiger partial charge on any atom is 0.311 e. The number of hydrogen-bond acceptors (Lipinski definition) is 4. The van der Waals surface area contributed by atoms with Gasteiger partial charge in [0.1, 0.15) is 0 Å². The third-order valence-corrected chi connectivity index (χ3v) is 3.40. The number of benzene rings is 1. The highest BCUT2D eigenvalue weighted by atomic mass is 35.6. The highest BCUT2D eigenvalue weighted by molar-refractivity contribution is 6.68. The molecule has 0 fully saturated rings. The average Bonchev–Trinajstić information content (AvgIpc) is 2.34.